The summed E-state index contributed by atoms with van der Waals surface area (Å²) in [6.45, 7) is 5.61. The SMILES string of the molecule is CC(=O)N1CCN(C2CCC3NCN(CC(=O)NCc4ccnc(Cl)c4)C(=O)C3C2)CC1. The number of hydrogen-bond donors (Lipinski definition) is 2. The van der Waals surface area contributed by atoms with Crippen LogP contribution in [0.4, 0.5) is 0 Å². The van der Waals surface area contributed by atoms with Crippen LogP contribution in [0.25, 0.3) is 0 Å². The number of fused-ring (bicyclic) bond motifs is 1. The van der Waals surface area contributed by atoms with Crippen molar-refractivity contribution in [2.75, 3.05) is 39.4 Å². The molecule has 3 amide bonds. The van der Waals surface area contributed by atoms with E-state index in [1.165, 1.54) is 0 Å². The van der Waals surface area contributed by atoms with Crippen molar-refractivity contribution in [2.45, 2.75) is 44.8 Å². The highest BCUT2D eigenvalue weighted by Crippen LogP contribution is 2.32. The second-order valence-corrected chi connectivity index (χ2v) is 9.27. The van der Waals surface area contributed by atoms with Crippen LogP contribution in [-0.2, 0) is 20.9 Å². The number of aromatic nitrogens is 1. The van der Waals surface area contributed by atoms with Crippen LogP contribution >= 0.6 is 11.6 Å². The lowest BCUT2D eigenvalue weighted by Gasteiger charge is -2.47. The largest absolute Gasteiger partial charge is 0.350 e. The zero-order chi connectivity index (χ0) is 22.7. The molecule has 32 heavy (non-hydrogen) atoms. The predicted octanol–water partition coefficient (Wildman–Crippen LogP) is 0.442. The highest BCUT2D eigenvalue weighted by atomic mass is 35.5. The second kappa shape index (κ2) is 10.1. The third-order valence-electron chi connectivity index (χ3n) is 6.89. The molecular weight excluding hydrogens is 432 g/mol. The fourth-order valence-corrected chi connectivity index (χ4v) is 5.25. The van der Waals surface area contributed by atoms with E-state index in [4.69, 9.17) is 11.6 Å². The summed E-state index contributed by atoms with van der Waals surface area (Å²) in [5.41, 5.74) is 0.863. The Balaban J connectivity index is 1.28. The average Bonchev–Trinajstić information content (AvgIpc) is 2.79. The topological polar surface area (TPSA) is 97.9 Å². The molecule has 1 saturated carbocycles. The standard InChI is InChI=1S/C22H31ClN6O3/c1-15(30)27-6-8-28(9-7-27)17-2-3-19-18(11-17)22(32)29(14-26-19)13-21(31)25-12-16-4-5-24-20(23)10-16/h4-5,10,17-19,26H,2-3,6-9,11-14H2,1H3,(H,25,31). The molecule has 3 heterocycles. The molecule has 9 nitrogen and oxygen atoms in total. The number of halogens is 1. The first-order valence-corrected chi connectivity index (χ1v) is 11.7. The summed E-state index contributed by atoms with van der Waals surface area (Å²) < 4.78 is 0. The van der Waals surface area contributed by atoms with Crippen LogP contribution in [0.1, 0.15) is 31.7 Å². The van der Waals surface area contributed by atoms with Gasteiger partial charge in [0.25, 0.3) is 0 Å². The Morgan fingerprint density at radius 2 is 2.03 bits per heavy atom. The molecule has 1 aliphatic carbocycles. The van der Waals surface area contributed by atoms with Crippen LogP contribution in [0, 0.1) is 5.92 Å². The molecule has 0 spiro atoms. The van der Waals surface area contributed by atoms with Crippen molar-refractivity contribution in [3.8, 4) is 0 Å². The van der Waals surface area contributed by atoms with Gasteiger partial charge in [0, 0.05) is 57.9 Å². The van der Waals surface area contributed by atoms with Gasteiger partial charge in [0.15, 0.2) is 0 Å². The van der Waals surface area contributed by atoms with Gasteiger partial charge in [-0.3, -0.25) is 24.6 Å². The van der Waals surface area contributed by atoms with Gasteiger partial charge in [0.2, 0.25) is 17.7 Å². The van der Waals surface area contributed by atoms with Crippen LogP contribution in [0.15, 0.2) is 18.3 Å². The molecule has 0 radical (unpaired) electrons. The highest BCUT2D eigenvalue weighted by Gasteiger charge is 2.42. The van der Waals surface area contributed by atoms with E-state index in [-0.39, 0.29) is 36.2 Å². The Hall–Kier alpha value is -2.23. The number of carbonyl (C=O) groups excluding carboxylic acids is 3. The van der Waals surface area contributed by atoms with E-state index in [0.29, 0.717) is 24.4 Å². The number of carbonyl (C=O) groups is 3. The zero-order valence-electron chi connectivity index (χ0n) is 18.4. The molecule has 0 bridgehead atoms. The summed E-state index contributed by atoms with van der Waals surface area (Å²) in [5, 5.41) is 6.70. The molecule has 3 unspecified atom stereocenters. The lowest BCUT2D eigenvalue weighted by Crippen LogP contribution is -2.62. The first-order valence-electron chi connectivity index (χ1n) is 11.3. The smallest absolute Gasteiger partial charge is 0.239 e. The summed E-state index contributed by atoms with van der Waals surface area (Å²) in [4.78, 5) is 47.1. The van der Waals surface area contributed by atoms with Crippen LogP contribution in [0.5, 0.6) is 0 Å². The molecule has 3 aliphatic rings. The van der Waals surface area contributed by atoms with Gasteiger partial charge in [-0.05, 0) is 37.0 Å². The van der Waals surface area contributed by atoms with Crippen LogP contribution in [0.2, 0.25) is 5.15 Å². The van der Waals surface area contributed by atoms with Gasteiger partial charge in [-0.25, -0.2) is 4.98 Å². The molecule has 0 aromatic carbocycles. The van der Waals surface area contributed by atoms with Crippen LogP contribution in [-0.4, -0.2) is 88.9 Å². The summed E-state index contributed by atoms with van der Waals surface area (Å²) in [5.74, 6) is -0.122. The van der Waals surface area contributed by atoms with E-state index in [1.54, 1.807) is 30.2 Å². The van der Waals surface area contributed by atoms with E-state index in [9.17, 15) is 14.4 Å². The molecular formula is C22H31ClN6O3. The van der Waals surface area contributed by atoms with E-state index in [0.717, 1.165) is 51.0 Å². The molecule has 2 N–H and O–H groups in total. The predicted molar refractivity (Wildman–Crippen MR) is 120 cm³/mol. The highest BCUT2D eigenvalue weighted by molar-refractivity contribution is 6.29. The van der Waals surface area contributed by atoms with E-state index in [1.807, 2.05) is 4.90 Å². The van der Waals surface area contributed by atoms with Gasteiger partial charge >= 0.3 is 0 Å². The molecule has 174 valence electrons. The number of hydrogen-bond acceptors (Lipinski definition) is 6. The molecule has 1 aromatic heterocycles. The maximum atomic E-state index is 13.2. The van der Waals surface area contributed by atoms with Crippen LogP contribution in [0.3, 0.4) is 0 Å². The van der Waals surface area contributed by atoms with E-state index in [2.05, 4.69) is 20.5 Å². The summed E-state index contributed by atoms with van der Waals surface area (Å²) in [7, 11) is 0. The second-order valence-electron chi connectivity index (χ2n) is 8.88. The van der Waals surface area contributed by atoms with Crippen molar-refractivity contribution in [1.82, 2.24) is 30.3 Å². The van der Waals surface area contributed by atoms with Gasteiger partial charge in [-0.15, -0.1) is 0 Å². The first kappa shape index (κ1) is 22.9. The third-order valence-corrected chi connectivity index (χ3v) is 7.09. The fraction of sp³-hybridized carbons (Fsp3) is 0.636. The third kappa shape index (κ3) is 5.39. The number of pyridine rings is 1. The molecule has 3 fully saturated rings. The minimum atomic E-state index is -0.195. The molecule has 2 saturated heterocycles. The number of nitrogens with zero attached hydrogens (tertiary/aromatic N) is 4. The fourth-order valence-electron chi connectivity index (χ4n) is 5.06. The van der Waals surface area contributed by atoms with Gasteiger partial charge in [0.05, 0.1) is 12.6 Å². The quantitative estimate of drug-likeness (QED) is 0.616. The molecule has 3 atom stereocenters. The van der Waals surface area contributed by atoms with Crippen molar-refractivity contribution in [1.29, 1.82) is 0 Å². The Labute approximate surface area is 193 Å². The zero-order valence-corrected chi connectivity index (χ0v) is 19.2. The Kier molecular flexibility index (Phi) is 7.27. The number of nitrogens with one attached hydrogen (secondary N) is 2. The van der Waals surface area contributed by atoms with Crippen molar-refractivity contribution in [2.24, 2.45) is 5.92 Å². The molecule has 2 aliphatic heterocycles. The van der Waals surface area contributed by atoms with Crippen molar-refractivity contribution in [3.63, 3.8) is 0 Å². The average molecular weight is 463 g/mol. The Morgan fingerprint density at radius 1 is 1.25 bits per heavy atom. The summed E-state index contributed by atoms with van der Waals surface area (Å²) in [6.07, 6.45) is 4.40. The maximum Gasteiger partial charge on any atom is 0.239 e. The monoisotopic (exact) mass is 462 g/mol. The van der Waals surface area contributed by atoms with Crippen LogP contribution < -0.4 is 10.6 Å². The van der Waals surface area contributed by atoms with Gasteiger partial charge < -0.3 is 15.1 Å². The van der Waals surface area contributed by atoms with Gasteiger partial charge in [-0.1, -0.05) is 11.6 Å². The maximum absolute atomic E-state index is 13.2. The molecule has 1 aromatic rings. The molecule has 4 rings (SSSR count). The Bertz CT molecular complexity index is 860. The molecule has 10 heteroatoms. The van der Waals surface area contributed by atoms with Gasteiger partial charge in [-0.2, -0.15) is 0 Å². The van der Waals surface area contributed by atoms with Gasteiger partial charge in [0.1, 0.15) is 11.7 Å². The summed E-state index contributed by atoms with van der Waals surface area (Å²) >= 11 is 5.88. The number of rotatable bonds is 5. The lowest BCUT2D eigenvalue weighted by atomic mass is 9.79. The van der Waals surface area contributed by atoms with Crippen molar-refractivity contribution < 1.29 is 14.4 Å². The van der Waals surface area contributed by atoms with E-state index < -0.39 is 0 Å². The first-order chi connectivity index (χ1) is 15.4. The van der Waals surface area contributed by atoms with Crippen molar-refractivity contribution >= 4 is 29.3 Å². The lowest BCUT2D eigenvalue weighted by molar-refractivity contribution is -0.146. The van der Waals surface area contributed by atoms with Crippen molar-refractivity contribution in [3.05, 3.63) is 29.0 Å². The Morgan fingerprint density at radius 3 is 2.75 bits per heavy atom. The number of piperazine rings is 1. The minimum absolute atomic E-state index is 0.0375. The normalized spacial score (nSPS) is 26.6. The minimum Gasteiger partial charge on any atom is -0.350 e. The summed E-state index contributed by atoms with van der Waals surface area (Å²) in [6, 6.07) is 4.03. The number of amides is 3. The van der Waals surface area contributed by atoms with E-state index >= 15 is 0 Å².